The number of hydrazone groups is 1. The van der Waals surface area contributed by atoms with Crippen LogP contribution in [0.3, 0.4) is 0 Å². The van der Waals surface area contributed by atoms with Gasteiger partial charge in [0.25, 0.3) is 0 Å². The van der Waals surface area contributed by atoms with Crippen molar-refractivity contribution in [3.63, 3.8) is 0 Å². The van der Waals surface area contributed by atoms with Crippen molar-refractivity contribution in [2.45, 2.75) is 0 Å². The highest BCUT2D eigenvalue weighted by molar-refractivity contribution is 7.80. The molecule has 0 amide bonds. The van der Waals surface area contributed by atoms with Gasteiger partial charge < -0.3 is 14.5 Å². The van der Waals surface area contributed by atoms with Crippen LogP contribution in [0, 0.1) is 0 Å². The number of halogens is 1. The minimum Gasteiger partial charge on any atom is -0.495 e. The molecule has 2 rings (SSSR count). The fraction of sp³-hybridized carbons (Fsp3) is 0.125. The fourth-order valence-corrected chi connectivity index (χ4v) is 2.15. The summed E-state index contributed by atoms with van der Waals surface area (Å²) < 4.78 is 10.8. The average molecular weight is 350 g/mol. The number of benzene rings is 1. The van der Waals surface area contributed by atoms with E-state index in [9.17, 15) is 0 Å². The first kappa shape index (κ1) is 17.1. The first-order valence-corrected chi connectivity index (χ1v) is 7.54. The van der Waals surface area contributed by atoms with Crippen LogP contribution in [0.25, 0.3) is 11.3 Å². The third-order valence-electron chi connectivity index (χ3n) is 2.83. The van der Waals surface area contributed by atoms with Gasteiger partial charge in [-0.05, 0) is 42.5 Å². The summed E-state index contributed by atoms with van der Waals surface area (Å²) in [6.07, 6.45) is 3.24. The van der Waals surface area contributed by atoms with Gasteiger partial charge in [-0.25, -0.2) is 0 Å². The van der Waals surface area contributed by atoms with Crippen molar-refractivity contribution in [1.82, 2.24) is 10.7 Å². The number of methoxy groups -OCH3 is 1. The van der Waals surface area contributed by atoms with E-state index in [1.165, 1.54) is 6.21 Å². The van der Waals surface area contributed by atoms with E-state index in [1.54, 1.807) is 31.4 Å². The third kappa shape index (κ3) is 4.84. The smallest absolute Gasteiger partial charge is 0.187 e. The standard InChI is InChI=1S/C16H16ClN3O2S/c1-3-8-18-16(23)20-19-10-12-5-7-14(22-12)11-4-6-15(21-2)13(17)9-11/h3-7,9-10H,1,8H2,2H3,(H2,18,20,23)/b19-10-. The van der Waals surface area contributed by atoms with Gasteiger partial charge in [-0.15, -0.1) is 6.58 Å². The lowest BCUT2D eigenvalue weighted by Gasteiger charge is -2.04. The number of ether oxygens (including phenoxy) is 1. The molecule has 120 valence electrons. The van der Waals surface area contributed by atoms with Crippen LogP contribution in [0.1, 0.15) is 5.76 Å². The van der Waals surface area contributed by atoms with E-state index in [-0.39, 0.29) is 0 Å². The van der Waals surface area contributed by atoms with Crippen molar-refractivity contribution in [2.75, 3.05) is 13.7 Å². The van der Waals surface area contributed by atoms with E-state index in [2.05, 4.69) is 22.4 Å². The number of nitrogens with one attached hydrogen (secondary N) is 2. The zero-order chi connectivity index (χ0) is 16.7. The maximum absolute atomic E-state index is 6.12. The number of thiocarbonyl (C=S) groups is 1. The maximum Gasteiger partial charge on any atom is 0.187 e. The summed E-state index contributed by atoms with van der Waals surface area (Å²) in [6.45, 7) is 4.16. The van der Waals surface area contributed by atoms with Crippen LogP contribution in [0.4, 0.5) is 0 Å². The van der Waals surface area contributed by atoms with Crippen LogP contribution in [0.5, 0.6) is 5.75 Å². The molecule has 0 fully saturated rings. The first-order valence-electron chi connectivity index (χ1n) is 6.75. The molecule has 0 bridgehead atoms. The number of nitrogens with zero attached hydrogens (tertiary/aromatic N) is 1. The monoisotopic (exact) mass is 349 g/mol. The molecular formula is C16H16ClN3O2S. The maximum atomic E-state index is 6.12. The summed E-state index contributed by atoms with van der Waals surface area (Å²) in [6, 6.07) is 9.09. The summed E-state index contributed by atoms with van der Waals surface area (Å²) >= 11 is 11.1. The van der Waals surface area contributed by atoms with Gasteiger partial charge in [-0.2, -0.15) is 5.10 Å². The second kappa shape index (κ2) is 8.36. The minimum absolute atomic E-state index is 0.412. The lowest BCUT2D eigenvalue weighted by atomic mass is 10.2. The van der Waals surface area contributed by atoms with Gasteiger partial charge >= 0.3 is 0 Å². The predicted molar refractivity (Wildman–Crippen MR) is 97.2 cm³/mol. The van der Waals surface area contributed by atoms with Gasteiger partial charge in [-0.1, -0.05) is 17.7 Å². The second-order valence-electron chi connectivity index (χ2n) is 4.42. The van der Waals surface area contributed by atoms with Crippen LogP contribution in [0.15, 0.2) is 52.5 Å². The van der Waals surface area contributed by atoms with Crippen molar-refractivity contribution in [3.05, 3.63) is 53.8 Å². The molecule has 0 aliphatic carbocycles. The number of hydrogen-bond donors (Lipinski definition) is 2. The van der Waals surface area contributed by atoms with E-state index in [0.29, 0.717) is 33.9 Å². The van der Waals surface area contributed by atoms with E-state index in [1.807, 2.05) is 12.1 Å². The number of hydrogen-bond acceptors (Lipinski definition) is 4. The molecule has 0 radical (unpaired) electrons. The number of furan rings is 1. The van der Waals surface area contributed by atoms with E-state index >= 15 is 0 Å². The first-order chi connectivity index (χ1) is 11.1. The Morgan fingerprint density at radius 1 is 1.43 bits per heavy atom. The summed E-state index contributed by atoms with van der Waals surface area (Å²) in [5.74, 6) is 1.89. The van der Waals surface area contributed by atoms with E-state index in [4.69, 9.17) is 33.0 Å². The summed E-state index contributed by atoms with van der Waals surface area (Å²) in [7, 11) is 1.57. The summed E-state index contributed by atoms with van der Waals surface area (Å²) in [5.41, 5.74) is 3.54. The highest BCUT2D eigenvalue weighted by atomic mass is 35.5. The third-order valence-corrected chi connectivity index (χ3v) is 3.36. The molecule has 0 unspecified atom stereocenters. The Hall–Kier alpha value is -2.31. The molecule has 0 saturated heterocycles. The molecular weight excluding hydrogens is 334 g/mol. The predicted octanol–water partition coefficient (Wildman–Crippen LogP) is 3.59. The summed E-state index contributed by atoms with van der Waals surface area (Å²) in [5, 5.41) is 7.83. The molecule has 0 saturated carbocycles. The van der Waals surface area contributed by atoms with Gasteiger partial charge in [0, 0.05) is 12.1 Å². The van der Waals surface area contributed by atoms with Gasteiger partial charge in [0.2, 0.25) is 0 Å². The minimum atomic E-state index is 0.412. The Kier molecular flexibility index (Phi) is 6.19. The second-order valence-corrected chi connectivity index (χ2v) is 5.24. The zero-order valence-electron chi connectivity index (χ0n) is 12.5. The van der Waals surface area contributed by atoms with Gasteiger partial charge in [-0.3, -0.25) is 5.43 Å². The average Bonchev–Trinajstić information content (AvgIpc) is 3.01. The lowest BCUT2D eigenvalue weighted by molar-refractivity contribution is 0.415. The van der Waals surface area contributed by atoms with Crippen molar-refractivity contribution < 1.29 is 9.15 Å². The molecule has 2 N–H and O–H groups in total. The Bertz CT molecular complexity index is 728. The molecule has 2 aromatic rings. The number of rotatable bonds is 6. The largest absolute Gasteiger partial charge is 0.495 e. The Labute approximate surface area is 145 Å². The summed E-state index contributed by atoms with van der Waals surface area (Å²) in [4.78, 5) is 0. The van der Waals surface area contributed by atoms with Gasteiger partial charge in [0.15, 0.2) is 5.11 Å². The van der Waals surface area contributed by atoms with Crippen LogP contribution in [-0.4, -0.2) is 25.0 Å². The van der Waals surface area contributed by atoms with Crippen molar-refractivity contribution in [1.29, 1.82) is 0 Å². The van der Waals surface area contributed by atoms with Crippen molar-refractivity contribution in [3.8, 4) is 17.1 Å². The Balaban J connectivity index is 2.01. The highest BCUT2D eigenvalue weighted by Crippen LogP contribution is 2.30. The van der Waals surface area contributed by atoms with Gasteiger partial charge in [0.05, 0.1) is 18.3 Å². The van der Waals surface area contributed by atoms with Crippen molar-refractivity contribution in [2.24, 2.45) is 5.10 Å². The molecule has 0 atom stereocenters. The van der Waals surface area contributed by atoms with Gasteiger partial charge in [0.1, 0.15) is 17.3 Å². The molecule has 1 aromatic heterocycles. The Morgan fingerprint density at radius 2 is 2.26 bits per heavy atom. The molecule has 1 aromatic carbocycles. The molecule has 0 aliphatic heterocycles. The topological polar surface area (TPSA) is 58.8 Å². The molecule has 23 heavy (non-hydrogen) atoms. The van der Waals surface area contributed by atoms with Crippen LogP contribution in [-0.2, 0) is 0 Å². The zero-order valence-corrected chi connectivity index (χ0v) is 14.1. The Morgan fingerprint density at radius 3 is 2.96 bits per heavy atom. The normalized spacial score (nSPS) is 10.5. The molecule has 5 nitrogen and oxygen atoms in total. The van der Waals surface area contributed by atoms with Crippen LogP contribution in [0.2, 0.25) is 5.02 Å². The highest BCUT2D eigenvalue weighted by Gasteiger charge is 2.07. The van der Waals surface area contributed by atoms with E-state index < -0.39 is 0 Å². The SMILES string of the molecule is C=CCNC(=S)N/N=C\c1ccc(-c2ccc(OC)c(Cl)c2)o1. The molecule has 1 heterocycles. The molecule has 7 heteroatoms. The van der Waals surface area contributed by atoms with Crippen LogP contribution < -0.4 is 15.5 Å². The van der Waals surface area contributed by atoms with E-state index in [0.717, 1.165) is 5.56 Å². The molecule has 0 spiro atoms. The quantitative estimate of drug-likeness (QED) is 0.361. The molecule has 0 aliphatic rings. The fourth-order valence-electron chi connectivity index (χ4n) is 1.76. The van der Waals surface area contributed by atoms with Crippen LogP contribution >= 0.6 is 23.8 Å². The van der Waals surface area contributed by atoms with Crippen molar-refractivity contribution >= 4 is 35.1 Å². The lowest BCUT2D eigenvalue weighted by Crippen LogP contribution is -2.31.